The minimum atomic E-state index is -0.370. The maximum Gasteiger partial charge on any atom is 0.249 e. The molecule has 16 heavy (non-hydrogen) atoms. The van der Waals surface area contributed by atoms with Gasteiger partial charge in [-0.3, -0.25) is 4.79 Å². The molecule has 1 amide bonds. The fourth-order valence-corrected chi connectivity index (χ4v) is 2.49. The number of primary amides is 1. The van der Waals surface area contributed by atoms with Crippen molar-refractivity contribution in [3.63, 3.8) is 0 Å². The molecule has 84 valence electrons. The number of nitrogens with zero attached hydrogens (tertiary/aromatic N) is 1. The van der Waals surface area contributed by atoms with E-state index in [0.29, 0.717) is 11.6 Å². The van der Waals surface area contributed by atoms with Gasteiger partial charge in [-0.2, -0.15) is 0 Å². The maximum atomic E-state index is 11.4. The molecule has 0 saturated carbocycles. The van der Waals surface area contributed by atoms with Gasteiger partial charge in [-0.15, -0.1) is 0 Å². The number of hydrogen-bond acceptors (Lipinski definition) is 1. The van der Waals surface area contributed by atoms with Crippen LogP contribution in [0.1, 0.15) is 30.2 Å². The average Bonchev–Trinajstić information content (AvgIpc) is 2.59. The summed E-state index contributed by atoms with van der Waals surface area (Å²) in [6.07, 6.45) is 2.00. The van der Waals surface area contributed by atoms with Crippen LogP contribution in [0.25, 0.3) is 10.9 Å². The molecule has 0 bridgehead atoms. The predicted molar refractivity (Wildman–Crippen MR) is 73.6 cm³/mol. The Morgan fingerprint density at radius 2 is 2.12 bits per heavy atom. The molecule has 2 aromatic rings. The van der Waals surface area contributed by atoms with E-state index in [2.05, 4.69) is 47.1 Å². The fourth-order valence-electron chi connectivity index (χ4n) is 1.88. The Morgan fingerprint density at radius 3 is 2.69 bits per heavy atom. The molecule has 0 saturated heterocycles. The molecule has 1 aromatic heterocycles. The Hall–Kier alpha value is -1.04. The van der Waals surface area contributed by atoms with Crippen molar-refractivity contribution in [3.8, 4) is 0 Å². The molecule has 0 aliphatic rings. The SMILES string of the molecule is CC(C)n1ccc2c(C(N)=O)cc(I)cc21. The van der Waals surface area contributed by atoms with Crippen LogP contribution in [0.15, 0.2) is 24.4 Å². The first kappa shape index (κ1) is 11.4. The minimum Gasteiger partial charge on any atom is -0.366 e. The number of fused-ring (bicyclic) bond motifs is 1. The molecule has 3 nitrogen and oxygen atoms in total. The highest BCUT2D eigenvalue weighted by molar-refractivity contribution is 14.1. The molecule has 2 N–H and O–H groups in total. The van der Waals surface area contributed by atoms with Crippen LogP contribution < -0.4 is 5.73 Å². The lowest BCUT2D eigenvalue weighted by atomic mass is 10.1. The molecular formula is C12H13IN2O. The number of carbonyl (C=O) groups excluding carboxylic acids is 1. The maximum absolute atomic E-state index is 11.4. The van der Waals surface area contributed by atoms with Crippen molar-refractivity contribution < 1.29 is 4.79 Å². The van der Waals surface area contributed by atoms with Crippen molar-refractivity contribution in [2.75, 3.05) is 0 Å². The lowest BCUT2D eigenvalue weighted by molar-refractivity contribution is 0.100. The van der Waals surface area contributed by atoms with Crippen molar-refractivity contribution in [1.29, 1.82) is 0 Å². The number of carbonyl (C=O) groups is 1. The van der Waals surface area contributed by atoms with Crippen molar-refractivity contribution in [2.45, 2.75) is 19.9 Å². The molecule has 2 rings (SSSR count). The van der Waals surface area contributed by atoms with Crippen molar-refractivity contribution >= 4 is 39.4 Å². The molecule has 4 heteroatoms. The van der Waals surface area contributed by atoms with Crippen LogP contribution >= 0.6 is 22.6 Å². The van der Waals surface area contributed by atoms with E-state index in [-0.39, 0.29) is 5.91 Å². The highest BCUT2D eigenvalue weighted by atomic mass is 127. The number of amides is 1. The lowest BCUT2D eigenvalue weighted by Crippen LogP contribution is -2.11. The summed E-state index contributed by atoms with van der Waals surface area (Å²) < 4.78 is 3.17. The Labute approximate surface area is 108 Å². The van der Waals surface area contributed by atoms with E-state index >= 15 is 0 Å². The molecule has 0 aliphatic carbocycles. The van der Waals surface area contributed by atoms with Crippen molar-refractivity contribution in [1.82, 2.24) is 4.57 Å². The smallest absolute Gasteiger partial charge is 0.249 e. The van der Waals surface area contributed by atoms with E-state index in [1.54, 1.807) is 0 Å². The van der Waals surface area contributed by atoms with Gasteiger partial charge in [-0.25, -0.2) is 0 Å². The summed E-state index contributed by atoms with van der Waals surface area (Å²) in [7, 11) is 0. The first-order valence-corrected chi connectivity index (χ1v) is 6.18. The number of benzene rings is 1. The van der Waals surface area contributed by atoms with Crippen LogP contribution in [0, 0.1) is 3.57 Å². The van der Waals surface area contributed by atoms with E-state index in [0.717, 1.165) is 14.5 Å². The van der Waals surface area contributed by atoms with E-state index < -0.39 is 0 Å². The van der Waals surface area contributed by atoms with Crippen LogP contribution in [0.2, 0.25) is 0 Å². The molecule has 0 spiro atoms. The quantitative estimate of drug-likeness (QED) is 0.847. The number of aromatic nitrogens is 1. The van der Waals surface area contributed by atoms with Crippen LogP contribution in [0.4, 0.5) is 0 Å². The second-order valence-corrected chi connectivity index (χ2v) is 5.31. The second kappa shape index (κ2) is 4.08. The first-order chi connectivity index (χ1) is 7.50. The lowest BCUT2D eigenvalue weighted by Gasteiger charge is -2.10. The normalized spacial score (nSPS) is 11.2. The highest BCUT2D eigenvalue weighted by Crippen LogP contribution is 2.25. The van der Waals surface area contributed by atoms with Crippen molar-refractivity contribution in [2.24, 2.45) is 5.73 Å². The predicted octanol–water partition coefficient (Wildman–Crippen LogP) is 2.93. The second-order valence-electron chi connectivity index (χ2n) is 4.07. The minimum absolute atomic E-state index is 0.370. The molecule has 0 unspecified atom stereocenters. The van der Waals surface area contributed by atoms with Gasteiger partial charge in [-0.1, -0.05) is 0 Å². The van der Waals surface area contributed by atoms with Gasteiger partial charge in [0.2, 0.25) is 5.91 Å². The average molecular weight is 328 g/mol. The zero-order valence-corrected chi connectivity index (χ0v) is 11.4. The van der Waals surface area contributed by atoms with Crippen LogP contribution in [-0.2, 0) is 0 Å². The monoisotopic (exact) mass is 328 g/mol. The zero-order valence-electron chi connectivity index (χ0n) is 9.20. The third-order valence-electron chi connectivity index (χ3n) is 2.62. The number of hydrogen-bond donors (Lipinski definition) is 1. The van der Waals surface area contributed by atoms with Crippen LogP contribution in [0.3, 0.4) is 0 Å². The van der Waals surface area contributed by atoms with Gasteiger partial charge >= 0.3 is 0 Å². The van der Waals surface area contributed by atoms with Gasteiger partial charge in [-0.05, 0) is 54.6 Å². The molecule has 1 aromatic carbocycles. The van der Waals surface area contributed by atoms with Gasteiger partial charge < -0.3 is 10.3 Å². The van der Waals surface area contributed by atoms with E-state index in [1.165, 1.54) is 0 Å². The largest absolute Gasteiger partial charge is 0.366 e. The Bertz CT molecular complexity index is 557. The summed E-state index contributed by atoms with van der Waals surface area (Å²) >= 11 is 2.20. The van der Waals surface area contributed by atoms with Gasteiger partial charge in [0.1, 0.15) is 0 Å². The summed E-state index contributed by atoms with van der Waals surface area (Å²) in [5.74, 6) is -0.370. The molecule has 0 fully saturated rings. The first-order valence-electron chi connectivity index (χ1n) is 5.10. The van der Waals surface area contributed by atoms with E-state index in [9.17, 15) is 4.79 Å². The zero-order chi connectivity index (χ0) is 11.9. The Morgan fingerprint density at radius 1 is 1.44 bits per heavy atom. The molecule has 0 radical (unpaired) electrons. The number of rotatable bonds is 2. The fraction of sp³-hybridized carbons (Fsp3) is 0.250. The van der Waals surface area contributed by atoms with Crippen molar-refractivity contribution in [3.05, 3.63) is 33.5 Å². The van der Waals surface area contributed by atoms with Gasteiger partial charge in [0.05, 0.1) is 5.52 Å². The van der Waals surface area contributed by atoms with Crippen LogP contribution in [0.5, 0.6) is 0 Å². The molecular weight excluding hydrogens is 315 g/mol. The molecule has 0 aliphatic heterocycles. The summed E-state index contributed by atoms with van der Waals surface area (Å²) in [6, 6.07) is 6.22. The van der Waals surface area contributed by atoms with E-state index in [1.807, 2.05) is 18.3 Å². The third kappa shape index (κ3) is 1.81. The third-order valence-corrected chi connectivity index (χ3v) is 3.25. The van der Waals surface area contributed by atoms with Gasteiger partial charge in [0, 0.05) is 26.8 Å². The summed E-state index contributed by atoms with van der Waals surface area (Å²) in [5, 5.41) is 0.932. The van der Waals surface area contributed by atoms with Gasteiger partial charge in [0.15, 0.2) is 0 Å². The van der Waals surface area contributed by atoms with E-state index in [4.69, 9.17) is 5.73 Å². The highest BCUT2D eigenvalue weighted by Gasteiger charge is 2.12. The number of halogens is 1. The topological polar surface area (TPSA) is 48.0 Å². The Balaban J connectivity index is 2.81. The Kier molecular flexibility index (Phi) is 2.92. The summed E-state index contributed by atoms with van der Waals surface area (Å²) in [4.78, 5) is 11.4. The molecule has 1 heterocycles. The van der Waals surface area contributed by atoms with Gasteiger partial charge in [0.25, 0.3) is 0 Å². The summed E-state index contributed by atoms with van der Waals surface area (Å²) in [5.41, 5.74) is 7.05. The number of nitrogens with two attached hydrogens (primary N) is 1. The standard InChI is InChI=1S/C12H13IN2O/c1-7(2)15-4-3-9-10(12(14)16)5-8(13)6-11(9)15/h3-7H,1-2H3,(H2,14,16). The molecule has 0 atom stereocenters. The summed E-state index contributed by atoms with van der Waals surface area (Å²) in [6.45, 7) is 4.23. The van der Waals surface area contributed by atoms with Crippen LogP contribution in [-0.4, -0.2) is 10.5 Å².